The molecule has 0 rings (SSSR count). The molecule has 0 aromatic rings. The van der Waals surface area contributed by atoms with Gasteiger partial charge < -0.3 is 15.3 Å². The third-order valence-corrected chi connectivity index (χ3v) is 2.47. The molecular formula is C10H18N2O4. The van der Waals surface area contributed by atoms with Crippen molar-refractivity contribution in [3.05, 3.63) is 0 Å². The lowest BCUT2D eigenvalue weighted by Crippen LogP contribution is -2.41. The molecule has 0 bridgehead atoms. The van der Waals surface area contributed by atoms with Gasteiger partial charge in [-0.15, -0.1) is 0 Å². The molecule has 0 aliphatic carbocycles. The van der Waals surface area contributed by atoms with Gasteiger partial charge in [-0.25, -0.2) is 0 Å². The Hall–Kier alpha value is -1.59. The van der Waals surface area contributed by atoms with Crippen LogP contribution in [0.3, 0.4) is 0 Å². The van der Waals surface area contributed by atoms with Gasteiger partial charge in [-0.3, -0.25) is 14.4 Å². The molecule has 0 aromatic heterocycles. The largest absolute Gasteiger partial charge is 0.481 e. The van der Waals surface area contributed by atoms with Crippen molar-refractivity contribution < 1.29 is 19.5 Å². The lowest BCUT2D eigenvalue weighted by molar-refractivity contribution is -0.146. The summed E-state index contributed by atoms with van der Waals surface area (Å²) in [5.41, 5.74) is 0. The Labute approximate surface area is 94.6 Å². The smallest absolute Gasteiger partial charge is 0.307 e. The quantitative estimate of drug-likeness (QED) is 0.669. The number of carboxylic acid groups (broad SMARTS) is 1. The standard InChI is InChI=1S/C10H18N2O4/c1-6(7(2)10(15)16)9(14)11-5-8(13)12(3)4/h6-7H,5H2,1-4H3,(H,11,14)(H,15,16). The molecule has 6 nitrogen and oxygen atoms in total. The normalized spacial score (nSPS) is 13.8. The molecule has 0 heterocycles. The number of rotatable bonds is 5. The molecule has 0 aliphatic heterocycles. The van der Waals surface area contributed by atoms with Crippen LogP contribution in [-0.2, 0) is 14.4 Å². The fraction of sp³-hybridized carbons (Fsp3) is 0.700. The van der Waals surface area contributed by atoms with Crippen LogP contribution in [0, 0.1) is 11.8 Å². The summed E-state index contributed by atoms with van der Waals surface area (Å²) in [6.07, 6.45) is 0. The molecule has 0 aromatic carbocycles. The first kappa shape index (κ1) is 14.4. The van der Waals surface area contributed by atoms with Gasteiger partial charge in [0.15, 0.2) is 0 Å². The second kappa shape index (κ2) is 6.09. The van der Waals surface area contributed by atoms with Gasteiger partial charge in [0, 0.05) is 20.0 Å². The number of nitrogens with one attached hydrogen (secondary N) is 1. The molecule has 0 fully saturated rings. The fourth-order valence-corrected chi connectivity index (χ4v) is 0.923. The van der Waals surface area contributed by atoms with Crippen LogP contribution >= 0.6 is 0 Å². The summed E-state index contributed by atoms with van der Waals surface area (Å²) in [7, 11) is 3.16. The monoisotopic (exact) mass is 230 g/mol. The van der Waals surface area contributed by atoms with E-state index in [9.17, 15) is 14.4 Å². The van der Waals surface area contributed by atoms with Crippen molar-refractivity contribution >= 4 is 17.8 Å². The Morgan fingerprint density at radius 2 is 1.69 bits per heavy atom. The van der Waals surface area contributed by atoms with Gasteiger partial charge in [-0.05, 0) is 0 Å². The molecule has 0 aliphatic rings. The second-order valence-electron chi connectivity index (χ2n) is 3.92. The van der Waals surface area contributed by atoms with Gasteiger partial charge in [0.2, 0.25) is 11.8 Å². The Balaban J connectivity index is 4.17. The molecule has 2 unspecified atom stereocenters. The Morgan fingerprint density at radius 3 is 2.06 bits per heavy atom. The zero-order valence-electron chi connectivity index (χ0n) is 9.98. The van der Waals surface area contributed by atoms with Gasteiger partial charge >= 0.3 is 5.97 Å². The number of carbonyl (C=O) groups excluding carboxylic acids is 2. The number of amides is 2. The highest BCUT2D eigenvalue weighted by molar-refractivity contribution is 5.88. The van der Waals surface area contributed by atoms with Crippen molar-refractivity contribution in [2.75, 3.05) is 20.6 Å². The van der Waals surface area contributed by atoms with E-state index in [1.165, 1.54) is 18.7 Å². The first-order chi connectivity index (χ1) is 7.27. The van der Waals surface area contributed by atoms with Crippen LogP contribution in [0.1, 0.15) is 13.8 Å². The molecule has 0 spiro atoms. The summed E-state index contributed by atoms with van der Waals surface area (Å²) >= 11 is 0. The summed E-state index contributed by atoms with van der Waals surface area (Å²) in [4.78, 5) is 34.6. The van der Waals surface area contributed by atoms with E-state index in [1.54, 1.807) is 14.1 Å². The van der Waals surface area contributed by atoms with Crippen LogP contribution in [0.2, 0.25) is 0 Å². The maximum absolute atomic E-state index is 11.5. The molecule has 0 radical (unpaired) electrons. The first-order valence-electron chi connectivity index (χ1n) is 4.98. The predicted octanol–water partition coefficient (Wildman–Crippen LogP) is -0.452. The van der Waals surface area contributed by atoms with E-state index in [0.29, 0.717) is 0 Å². The SMILES string of the molecule is CC(C(=O)O)C(C)C(=O)NCC(=O)N(C)C. The zero-order chi connectivity index (χ0) is 12.9. The first-order valence-corrected chi connectivity index (χ1v) is 4.98. The summed E-state index contributed by atoms with van der Waals surface area (Å²) in [5, 5.41) is 11.1. The van der Waals surface area contributed by atoms with E-state index in [1.807, 2.05) is 0 Å². The van der Waals surface area contributed by atoms with E-state index in [4.69, 9.17) is 5.11 Å². The van der Waals surface area contributed by atoms with Gasteiger partial charge in [-0.1, -0.05) is 13.8 Å². The summed E-state index contributed by atoms with van der Waals surface area (Å²) in [6, 6.07) is 0. The predicted molar refractivity (Wildman–Crippen MR) is 57.7 cm³/mol. The molecule has 6 heteroatoms. The summed E-state index contributed by atoms with van der Waals surface area (Å²) in [6.45, 7) is 2.87. The topological polar surface area (TPSA) is 86.7 Å². The average molecular weight is 230 g/mol. The van der Waals surface area contributed by atoms with E-state index < -0.39 is 23.7 Å². The maximum Gasteiger partial charge on any atom is 0.307 e. The minimum atomic E-state index is -1.03. The van der Waals surface area contributed by atoms with E-state index in [2.05, 4.69) is 5.32 Å². The molecule has 2 atom stereocenters. The average Bonchev–Trinajstić information content (AvgIpc) is 2.22. The van der Waals surface area contributed by atoms with Gasteiger partial charge in [0.05, 0.1) is 12.5 Å². The number of carboxylic acids is 1. The molecular weight excluding hydrogens is 212 g/mol. The van der Waals surface area contributed by atoms with Crippen molar-refractivity contribution in [1.29, 1.82) is 0 Å². The van der Waals surface area contributed by atoms with Crippen LogP contribution in [-0.4, -0.2) is 48.4 Å². The number of aliphatic carboxylic acids is 1. The van der Waals surface area contributed by atoms with Crippen LogP contribution < -0.4 is 5.32 Å². The van der Waals surface area contributed by atoms with E-state index in [-0.39, 0.29) is 12.5 Å². The minimum Gasteiger partial charge on any atom is -0.481 e. The maximum atomic E-state index is 11.5. The van der Waals surface area contributed by atoms with Crippen molar-refractivity contribution in [3.63, 3.8) is 0 Å². The molecule has 0 saturated heterocycles. The Morgan fingerprint density at radius 1 is 1.19 bits per heavy atom. The van der Waals surface area contributed by atoms with E-state index in [0.717, 1.165) is 0 Å². The highest BCUT2D eigenvalue weighted by Gasteiger charge is 2.25. The van der Waals surface area contributed by atoms with E-state index >= 15 is 0 Å². The molecule has 2 N–H and O–H groups in total. The summed E-state index contributed by atoms with van der Waals surface area (Å²) < 4.78 is 0. The summed E-state index contributed by atoms with van der Waals surface area (Å²) in [5.74, 6) is -3.11. The van der Waals surface area contributed by atoms with Crippen molar-refractivity contribution in [2.24, 2.45) is 11.8 Å². The Bertz CT molecular complexity index is 289. The molecule has 92 valence electrons. The van der Waals surface area contributed by atoms with Gasteiger partial charge in [0.1, 0.15) is 0 Å². The lowest BCUT2D eigenvalue weighted by atomic mass is 9.95. The molecule has 0 saturated carbocycles. The van der Waals surface area contributed by atoms with Crippen LogP contribution in [0.15, 0.2) is 0 Å². The molecule has 16 heavy (non-hydrogen) atoms. The number of hydrogen-bond donors (Lipinski definition) is 2. The molecule has 2 amide bonds. The number of nitrogens with zero attached hydrogens (tertiary/aromatic N) is 1. The van der Waals surface area contributed by atoms with Crippen molar-refractivity contribution in [3.8, 4) is 0 Å². The zero-order valence-corrected chi connectivity index (χ0v) is 9.98. The number of carbonyl (C=O) groups is 3. The van der Waals surface area contributed by atoms with Crippen molar-refractivity contribution in [2.45, 2.75) is 13.8 Å². The lowest BCUT2D eigenvalue weighted by Gasteiger charge is -2.16. The van der Waals surface area contributed by atoms with Crippen LogP contribution in [0.4, 0.5) is 0 Å². The third-order valence-electron chi connectivity index (χ3n) is 2.47. The third kappa shape index (κ3) is 4.29. The number of likely N-dealkylation sites (N-methyl/N-ethyl adjacent to an activating group) is 1. The Kier molecular flexibility index (Phi) is 5.49. The second-order valence-corrected chi connectivity index (χ2v) is 3.92. The van der Waals surface area contributed by atoms with Crippen LogP contribution in [0.5, 0.6) is 0 Å². The van der Waals surface area contributed by atoms with Gasteiger partial charge in [-0.2, -0.15) is 0 Å². The fourth-order valence-electron chi connectivity index (χ4n) is 0.923. The minimum absolute atomic E-state index is 0.109. The highest BCUT2D eigenvalue weighted by atomic mass is 16.4. The highest BCUT2D eigenvalue weighted by Crippen LogP contribution is 2.10. The number of hydrogen-bond acceptors (Lipinski definition) is 3. The van der Waals surface area contributed by atoms with Gasteiger partial charge in [0.25, 0.3) is 0 Å². The van der Waals surface area contributed by atoms with Crippen LogP contribution in [0.25, 0.3) is 0 Å². The van der Waals surface area contributed by atoms with Crippen molar-refractivity contribution in [1.82, 2.24) is 10.2 Å².